The van der Waals surface area contributed by atoms with Crippen molar-refractivity contribution >= 4 is 12.2 Å². The lowest BCUT2D eigenvalue weighted by molar-refractivity contribution is 0.311. The van der Waals surface area contributed by atoms with Gasteiger partial charge in [-0.1, -0.05) is 0 Å². The van der Waals surface area contributed by atoms with Crippen LogP contribution < -0.4 is 14.9 Å². The number of aryl methyl sites for hydroxylation is 2. The summed E-state index contributed by atoms with van der Waals surface area (Å²) in [4.78, 5) is 8.52. The molecule has 22 heavy (non-hydrogen) atoms. The van der Waals surface area contributed by atoms with Gasteiger partial charge in [-0.05, 0) is 50.6 Å². The van der Waals surface area contributed by atoms with Gasteiger partial charge in [0.15, 0.2) is 11.5 Å². The van der Waals surface area contributed by atoms with Crippen LogP contribution in [0, 0.1) is 13.8 Å². The molecule has 0 aliphatic carbocycles. The third kappa shape index (κ3) is 4.18. The van der Waals surface area contributed by atoms with Crippen molar-refractivity contribution in [1.29, 1.82) is 0 Å². The summed E-state index contributed by atoms with van der Waals surface area (Å²) in [5, 5.41) is 4.15. The van der Waals surface area contributed by atoms with Crippen molar-refractivity contribution in [2.75, 3.05) is 19.1 Å². The summed E-state index contributed by atoms with van der Waals surface area (Å²) in [7, 11) is 1.62. The van der Waals surface area contributed by atoms with Crippen LogP contribution in [-0.2, 0) is 0 Å². The number of nitrogens with zero attached hydrogens (tertiary/aromatic N) is 3. The van der Waals surface area contributed by atoms with E-state index in [0.29, 0.717) is 24.1 Å². The van der Waals surface area contributed by atoms with Crippen LogP contribution >= 0.6 is 0 Å². The minimum atomic E-state index is 0.479. The maximum absolute atomic E-state index is 5.53. The molecule has 1 N–H and O–H groups in total. The Labute approximate surface area is 130 Å². The summed E-state index contributed by atoms with van der Waals surface area (Å²) in [5.74, 6) is 1.87. The fourth-order valence-corrected chi connectivity index (χ4v) is 1.98. The largest absolute Gasteiger partial charge is 0.493 e. The number of hydrogen-bond acceptors (Lipinski definition) is 6. The molecule has 0 aliphatic heterocycles. The summed E-state index contributed by atoms with van der Waals surface area (Å²) in [6.07, 6.45) is 1.68. The Morgan fingerprint density at radius 1 is 1.14 bits per heavy atom. The fourth-order valence-electron chi connectivity index (χ4n) is 1.98. The van der Waals surface area contributed by atoms with E-state index in [4.69, 9.17) is 9.47 Å². The molecule has 0 bridgehead atoms. The quantitative estimate of drug-likeness (QED) is 0.656. The van der Waals surface area contributed by atoms with E-state index in [2.05, 4.69) is 20.5 Å². The Kier molecular flexibility index (Phi) is 5.30. The third-order valence-electron chi connectivity index (χ3n) is 2.85. The van der Waals surface area contributed by atoms with Crippen LogP contribution in [0.4, 0.5) is 5.95 Å². The van der Waals surface area contributed by atoms with E-state index in [1.54, 1.807) is 13.3 Å². The predicted octanol–water partition coefficient (Wildman–Crippen LogP) is 2.95. The molecule has 6 nitrogen and oxygen atoms in total. The average Bonchev–Trinajstić information content (AvgIpc) is 2.47. The molecule has 0 saturated carbocycles. The second-order valence-electron chi connectivity index (χ2n) is 4.69. The van der Waals surface area contributed by atoms with E-state index in [1.807, 2.05) is 45.0 Å². The molecule has 1 aromatic heterocycles. The number of benzene rings is 1. The first-order valence-corrected chi connectivity index (χ1v) is 7.04. The highest BCUT2D eigenvalue weighted by Gasteiger charge is 2.04. The van der Waals surface area contributed by atoms with Gasteiger partial charge in [0, 0.05) is 11.4 Å². The van der Waals surface area contributed by atoms with Gasteiger partial charge in [0.2, 0.25) is 5.95 Å². The number of nitrogens with one attached hydrogen (secondary N) is 1. The molecule has 0 fully saturated rings. The summed E-state index contributed by atoms with van der Waals surface area (Å²) in [6, 6.07) is 7.52. The summed E-state index contributed by atoms with van der Waals surface area (Å²) in [5.41, 5.74) is 5.51. The zero-order chi connectivity index (χ0) is 15.9. The number of anilines is 1. The molecule has 0 saturated heterocycles. The second-order valence-corrected chi connectivity index (χ2v) is 4.69. The van der Waals surface area contributed by atoms with Crippen LogP contribution in [0.1, 0.15) is 23.9 Å². The topological polar surface area (TPSA) is 68.6 Å². The smallest absolute Gasteiger partial charge is 0.243 e. The zero-order valence-electron chi connectivity index (χ0n) is 13.3. The van der Waals surface area contributed by atoms with Crippen molar-refractivity contribution in [3.05, 3.63) is 41.2 Å². The maximum Gasteiger partial charge on any atom is 0.243 e. The van der Waals surface area contributed by atoms with Crippen molar-refractivity contribution in [3.63, 3.8) is 0 Å². The van der Waals surface area contributed by atoms with Crippen LogP contribution in [0.2, 0.25) is 0 Å². The van der Waals surface area contributed by atoms with Crippen LogP contribution in [0.25, 0.3) is 0 Å². The summed E-state index contributed by atoms with van der Waals surface area (Å²) >= 11 is 0. The first-order chi connectivity index (χ1) is 10.6. The molecule has 0 radical (unpaired) electrons. The van der Waals surface area contributed by atoms with Crippen molar-refractivity contribution in [3.8, 4) is 11.5 Å². The second kappa shape index (κ2) is 7.40. The molecule has 0 atom stereocenters. The monoisotopic (exact) mass is 300 g/mol. The highest BCUT2D eigenvalue weighted by molar-refractivity contribution is 5.81. The van der Waals surface area contributed by atoms with Gasteiger partial charge in [-0.3, -0.25) is 0 Å². The van der Waals surface area contributed by atoms with E-state index in [1.165, 1.54) is 0 Å². The average molecular weight is 300 g/mol. The Morgan fingerprint density at radius 2 is 1.86 bits per heavy atom. The van der Waals surface area contributed by atoms with Gasteiger partial charge >= 0.3 is 0 Å². The van der Waals surface area contributed by atoms with Crippen molar-refractivity contribution in [2.45, 2.75) is 20.8 Å². The van der Waals surface area contributed by atoms with Gasteiger partial charge in [-0.2, -0.15) is 5.10 Å². The van der Waals surface area contributed by atoms with Crippen molar-refractivity contribution < 1.29 is 9.47 Å². The van der Waals surface area contributed by atoms with Crippen molar-refractivity contribution in [2.24, 2.45) is 5.10 Å². The van der Waals surface area contributed by atoms with Gasteiger partial charge in [0.25, 0.3) is 0 Å². The van der Waals surface area contributed by atoms with Crippen molar-refractivity contribution in [1.82, 2.24) is 9.97 Å². The molecule has 6 heteroatoms. The number of hydrazone groups is 1. The highest BCUT2D eigenvalue weighted by atomic mass is 16.5. The van der Waals surface area contributed by atoms with Gasteiger partial charge in [-0.15, -0.1) is 0 Å². The minimum Gasteiger partial charge on any atom is -0.493 e. The number of ether oxygens (including phenoxy) is 2. The van der Waals surface area contributed by atoms with Crippen LogP contribution in [0.5, 0.6) is 11.5 Å². The normalized spacial score (nSPS) is 10.7. The van der Waals surface area contributed by atoms with E-state index in [9.17, 15) is 0 Å². The lowest BCUT2D eigenvalue weighted by atomic mass is 10.2. The molecule has 1 aromatic carbocycles. The number of methoxy groups -OCH3 is 1. The van der Waals surface area contributed by atoms with Crippen LogP contribution in [-0.4, -0.2) is 29.9 Å². The first-order valence-electron chi connectivity index (χ1n) is 7.04. The van der Waals surface area contributed by atoms with E-state index in [0.717, 1.165) is 17.0 Å². The third-order valence-corrected chi connectivity index (χ3v) is 2.85. The predicted molar refractivity (Wildman–Crippen MR) is 86.9 cm³/mol. The van der Waals surface area contributed by atoms with Gasteiger partial charge in [0.05, 0.1) is 19.9 Å². The Balaban J connectivity index is 2.11. The Bertz CT molecular complexity index is 651. The summed E-state index contributed by atoms with van der Waals surface area (Å²) in [6.45, 7) is 6.34. The molecule has 2 aromatic rings. The molecular weight excluding hydrogens is 280 g/mol. The summed E-state index contributed by atoms with van der Waals surface area (Å²) < 4.78 is 10.8. The first kappa shape index (κ1) is 15.8. The van der Waals surface area contributed by atoms with Crippen LogP contribution in [0.15, 0.2) is 29.4 Å². The highest BCUT2D eigenvalue weighted by Crippen LogP contribution is 2.27. The van der Waals surface area contributed by atoms with Crippen LogP contribution in [0.3, 0.4) is 0 Å². The fraction of sp³-hybridized carbons (Fsp3) is 0.312. The number of hydrogen-bond donors (Lipinski definition) is 1. The van der Waals surface area contributed by atoms with Gasteiger partial charge in [0.1, 0.15) is 0 Å². The molecule has 0 spiro atoms. The SMILES string of the molecule is CCOc1cc(/C=N\Nc2nc(C)cc(C)n2)ccc1OC. The van der Waals surface area contributed by atoms with Gasteiger partial charge in [-0.25, -0.2) is 15.4 Å². The Morgan fingerprint density at radius 3 is 2.50 bits per heavy atom. The molecule has 0 aliphatic rings. The van der Waals surface area contributed by atoms with Gasteiger partial charge < -0.3 is 9.47 Å². The molecule has 0 unspecified atom stereocenters. The molecule has 0 amide bonds. The van der Waals surface area contributed by atoms with E-state index >= 15 is 0 Å². The van der Waals surface area contributed by atoms with E-state index < -0.39 is 0 Å². The standard InChI is InChI=1S/C16H20N4O2/c1-5-22-15-9-13(6-7-14(15)21-4)10-17-20-16-18-11(2)8-12(3)19-16/h6-10H,5H2,1-4H3,(H,18,19,20)/b17-10-. The molecule has 2 rings (SSSR count). The molecule has 1 heterocycles. The number of rotatable bonds is 6. The molecule has 116 valence electrons. The maximum atomic E-state index is 5.53. The zero-order valence-corrected chi connectivity index (χ0v) is 13.3. The number of aromatic nitrogens is 2. The lowest BCUT2D eigenvalue weighted by Gasteiger charge is -2.09. The Hall–Kier alpha value is -2.63. The minimum absolute atomic E-state index is 0.479. The van der Waals surface area contributed by atoms with E-state index in [-0.39, 0.29) is 0 Å². The molecular formula is C16H20N4O2. The lowest BCUT2D eigenvalue weighted by Crippen LogP contribution is -2.00.